The van der Waals surface area contributed by atoms with Gasteiger partial charge in [0.25, 0.3) is 0 Å². The molecule has 3 aromatic rings. The van der Waals surface area contributed by atoms with Crippen LogP contribution >= 0.6 is 0 Å². The van der Waals surface area contributed by atoms with E-state index in [-0.39, 0.29) is 66.4 Å². The summed E-state index contributed by atoms with van der Waals surface area (Å²) >= 11 is 0. The first-order chi connectivity index (χ1) is 22.0. The molecule has 8 nitrogen and oxygen atoms in total. The number of aliphatic hydroxyl groups is 1. The maximum Gasteiger partial charge on any atom is 0.416 e. The third-order valence-corrected chi connectivity index (χ3v) is 7.41. The Morgan fingerprint density at radius 3 is 2.15 bits per heavy atom. The molecule has 256 valence electrons. The topological polar surface area (TPSA) is 99.6 Å². The Bertz CT molecular complexity index is 1550. The number of aromatic nitrogens is 2. The van der Waals surface area contributed by atoms with Gasteiger partial charge < -0.3 is 20.5 Å². The number of hydrogen-bond donors (Lipinski definition) is 3. The number of benzene rings is 2. The first-order valence-corrected chi connectivity index (χ1v) is 14.4. The summed E-state index contributed by atoms with van der Waals surface area (Å²) in [5.74, 6) is -0.176. The summed E-state index contributed by atoms with van der Waals surface area (Å²) in [4.78, 5) is 22.5. The fourth-order valence-corrected chi connectivity index (χ4v) is 5.28. The second-order valence-corrected chi connectivity index (χ2v) is 10.6. The van der Waals surface area contributed by atoms with Gasteiger partial charge in [-0.1, -0.05) is 6.92 Å². The Hall–Kier alpha value is -4.28. The standard InChI is InChI=1S/C30H30F9N5O3/c1-3-21-14-23(22-13-18(28(31,32)33)5-6-24(22)44(21)27(46)47-4-2)42-25-17(15-41-26(43-25)40-7-8-45)9-16-10-19(29(34,35)36)12-20(11-16)30(37,38)39/h5-6,10-13,15,21,23,45H,3-4,7-9,14H2,1-2H3,(H2,40,41,42,43)/t21-,23+/m1/s1. The number of amides is 1. The maximum absolute atomic E-state index is 13.8. The second kappa shape index (κ2) is 13.8. The number of aliphatic hydroxyl groups excluding tert-OH is 1. The molecule has 47 heavy (non-hydrogen) atoms. The third-order valence-electron chi connectivity index (χ3n) is 7.41. The van der Waals surface area contributed by atoms with Crippen molar-refractivity contribution in [2.45, 2.75) is 63.7 Å². The number of rotatable bonds is 9. The molecule has 1 aliphatic rings. The highest BCUT2D eigenvalue weighted by Gasteiger charge is 2.40. The lowest BCUT2D eigenvalue weighted by molar-refractivity contribution is -0.143. The number of nitrogens with one attached hydrogen (secondary N) is 2. The predicted octanol–water partition coefficient (Wildman–Crippen LogP) is 7.83. The minimum atomic E-state index is -5.09. The molecular formula is C30H30F9N5O3. The van der Waals surface area contributed by atoms with Gasteiger partial charge in [-0.05, 0) is 67.3 Å². The zero-order valence-corrected chi connectivity index (χ0v) is 24.9. The lowest BCUT2D eigenvalue weighted by atomic mass is 9.88. The number of anilines is 3. The average molecular weight is 680 g/mol. The number of halogens is 9. The number of ether oxygens (including phenoxy) is 1. The molecule has 0 bridgehead atoms. The number of carbonyl (C=O) groups excluding carboxylic acids is 1. The number of fused-ring (bicyclic) bond motifs is 1. The molecule has 0 radical (unpaired) electrons. The van der Waals surface area contributed by atoms with Crippen LogP contribution in [0.3, 0.4) is 0 Å². The van der Waals surface area contributed by atoms with Gasteiger partial charge in [0.2, 0.25) is 5.95 Å². The lowest BCUT2D eigenvalue weighted by Gasteiger charge is -2.40. The van der Waals surface area contributed by atoms with Gasteiger partial charge in [-0.2, -0.15) is 44.5 Å². The highest BCUT2D eigenvalue weighted by Crippen LogP contribution is 2.44. The quantitative estimate of drug-likeness (QED) is 0.198. The summed E-state index contributed by atoms with van der Waals surface area (Å²) in [5.41, 5.74) is -4.26. The lowest BCUT2D eigenvalue weighted by Crippen LogP contribution is -2.46. The Morgan fingerprint density at radius 1 is 0.957 bits per heavy atom. The van der Waals surface area contributed by atoms with E-state index < -0.39 is 59.8 Å². The molecule has 1 aliphatic heterocycles. The smallest absolute Gasteiger partial charge is 0.416 e. The summed E-state index contributed by atoms with van der Waals surface area (Å²) < 4.78 is 128. The molecule has 0 fully saturated rings. The normalized spacial score (nSPS) is 16.9. The Labute approximate surface area is 263 Å². The van der Waals surface area contributed by atoms with Crippen molar-refractivity contribution in [1.29, 1.82) is 0 Å². The zero-order valence-electron chi connectivity index (χ0n) is 24.9. The zero-order chi connectivity index (χ0) is 34.7. The number of alkyl halides is 9. The van der Waals surface area contributed by atoms with Gasteiger partial charge in [-0.25, -0.2) is 9.78 Å². The van der Waals surface area contributed by atoms with Gasteiger partial charge in [0.05, 0.1) is 41.6 Å². The van der Waals surface area contributed by atoms with Crippen molar-refractivity contribution in [1.82, 2.24) is 9.97 Å². The first kappa shape index (κ1) is 35.6. The van der Waals surface area contributed by atoms with Crippen LogP contribution in [-0.4, -0.2) is 47.0 Å². The van der Waals surface area contributed by atoms with Crippen molar-refractivity contribution < 1.29 is 54.2 Å². The van der Waals surface area contributed by atoms with E-state index in [1.165, 1.54) is 4.90 Å². The number of carbonyl (C=O) groups is 1. The minimum absolute atomic E-state index is 0.00154. The Kier molecular flexibility index (Phi) is 10.5. The molecule has 0 saturated heterocycles. The van der Waals surface area contributed by atoms with Crippen molar-refractivity contribution >= 4 is 23.5 Å². The van der Waals surface area contributed by atoms with E-state index in [9.17, 15) is 49.4 Å². The maximum atomic E-state index is 13.8. The van der Waals surface area contributed by atoms with E-state index in [0.29, 0.717) is 18.6 Å². The summed E-state index contributed by atoms with van der Waals surface area (Å²) in [6.07, 6.45) is -14.7. The molecule has 0 spiro atoms. The highest BCUT2D eigenvalue weighted by molar-refractivity contribution is 5.90. The van der Waals surface area contributed by atoms with Crippen molar-refractivity contribution in [3.05, 3.63) is 76.0 Å². The van der Waals surface area contributed by atoms with Crippen LogP contribution in [0.25, 0.3) is 0 Å². The van der Waals surface area contributed by atoms with E-state index in [2.05, 4.69) is 20.6 Å². The Morgan fingerprint density at radius 2 is 1.60 bits per heavy atom. The number of hydrogen-bond acceptors (Lipinski definition) is 7. The summed E-state index contributed by atoms with van der Waals surface area (Å²) in [5, 5.41) is 14.9. The van der Waals surface area contributed by atoms with Crippen LogP contribution in [0.15, 0.2) is 42.6 Å². The highest BCUT2D eigenvalue weighted by atomic mass is 19.4. The Balaban J connectivity index is 1.84. The molecule has 0 aliphatic carbocycles. The van der Waals surface area contributed by atoms with Crippen molar-refractivity contribution in [3.8, 4) is 0 Å². The molecule has 1 amide bonds. The third kappa shape index (κ3) is 8.36. The van der Waals surface area contributed by atoms with E-state index >= 15 is 0 Å². The van der Waals surface area contributed by atoms with Crippen LogP contribution in [0.4, 0.5) is 61.8 Å². The molecule has 3 N–H and O–H groups in total. The molecular weight excluding hydrogens is 649 g/mol. The van der Waals surface area contributed by atoms with Gasteiger partial charge in [0.1, 0.15) is 5.82 Å². The van der Waals surface area contributed by atoms with E-state index in [4.69, 9.17) is 4.74 Å². The van der Waals surface area contributed by atoms with Crippen LogP contribution in [0, 0.1) is 0 Å². The largest absolute Gasteiger partial charge is 0.449 e. The SMILES string of the molecule is CCOC(=O)N1c2ccc(C(F)(F)F)cc2[C@@H](Nc2nc(NCCO)ncc2Cc2cc(C(F)(F)F)cc(C(F)(F)F)c2)C[C@H]1CC. The molecule has 0 saturated carbocycles. The van der Waals surface area contributed by atoms with Gasteiger partial charge >= 0.3 is 24.6 Å². The van der Waals surface area contributed by atoms with Crippen molar-refractivity contribution in [2.24, 2.45) is 0 Å². The van der Waals surface area contributed by atoms with Gasteiger partial charge in [-0.15, -0.1) is 0 Å². The summed E-state index contributed by atoms with van der Waals surface area (Å²) in [6, 6.07) is 2.40. The second-order valence-electron chi connectivity index (χ2n) is 10.6. The summed E-state index contributed by atoms with van der Waals surface area (Å²) in [6.45, 7) is 2.97. The van der Waals surface area contributed by atoms with Crippen LogP contribution in [-0.2, 0) is 29.7 Å². The van der Waals surface area contributed by atoms with Crippen LogP contribution in [0.5, 0.6) is 0 Å². The van der Waals surface area contributed by atoms with E-state index in [1.807, 2.05) is 0 Å². The monoisotopic (exact) mass is 679 g/mol. The fraction of sp³-hybridized carbons (Fsp3) is 0.433. The van der Waals surface area contributed by atoms with Crippen molar-refractivity contribution in [2.75, 3.05) is 35.3 Å². The van der Waals surface area contributed by atoms with Crippen LogP contribution < -0.4 is 15.5 Å². The molecule has 4 rings (SSSR count). The van der Waals surface area contributed by atoms with E-state index in [0.717, 1.165) is 24.4 Å². The van der Waals surface area contributed by atoms with Gasteiger partial charge in [0.15, 0.2) is 0 Å². The molecule has 2 aromatic carbocycles. The molecule has 2 atom stereocenters. The first-order valence-electron chi connectivity index (χ1n) is 14.4. The summed E-state index contributed by atoms with van der Waals surface area (Å²) in [7, 11) is 0. The molecule has 1 aromatic heterocycles. The minimum Gasteiger partial charge on any atom is -0.449 e. The van der Waals surface area contributed by atoms with Crippen LogP contribution in [0.2, 0.25) is 0 Å². The van der Waals surface area contributed by atoms with Crippen molar-refractivity contribution in [3.63, 3.8) is 0 Å². The molecule has 2 heterocycles. The fourth-order valence-electron chi connectivity index (χ4n) is 5.28. The molecule has 17 heteroatoms. The molecule has 0 unspecified atom stereocenters. The van der Waals surface area contributed by atoms with Gasteiger partial charge in [0, 0.05) is 30.8 Å². The van der Waals surface area contributed by atoms with Gasteiger partial charge in [-0.3, -0.25) is 4.90 Å². The predicted molar refractivity (Wildman–Crippen MR) is 153 cm³/mol. The van der Waals surface area contributed by atoms with Crippen LogP contribution in [0.1, 0.15) is 66.1 Å². The van der Waals surface area contributed by atoms with E-state index in [1.54, 1.807) is 13.8 Å². The number of nitrogens with zero attached hydrogens (tertiary/aromatic N) is 3. The average Bonchev–Trinajstić information content (AvgIpc) is 2.99.